The first-order valence-corrected chi connectivity index (χ1v) is 11.6. The monoisotopic (exact) mass is 525 g/mol. The third-order valence-electron chi connectivity index (χ3n) is 5.44. The number of allylic oxidation sites excluding steroid dienone is 3. The predicted octanol–water partition coefficient (Wildman–Crippen LogP) is 6.23. The molecule has 0 saturated carbocycles. The van der Waals surface area contributed by atoms with Crippen LogP contribution in [-0.4, -0.2) is 45.9 Å². The average Bonchev–Trinajstić information content (AvgIpc) is 2.88. The Morgan fingerprint density at radius 3 is 2.37 bits per heavy atom. The van der Waals surface area contributed by atoms with Crippen molar-refractivity contribution in [2.45, 2.75) is 32.7 Å². The van der Waals surface area contributed by atoms with E-state index in [0.29, 0.717) is 17.7 Å². The average molecular weight is 526 g/mol. The Kier molecular flexibility index (Phi) is 9.37. The highest BCUT2D eigenvalue weighted by Crippen LogP contribution is 2.31. The molecule has 0 radical (unpaired) electrons. The Morgan fingerprint density at radius 1 is 1.11 bits per heavy atom. The van der Waals surface area contributed by atoms with E-state index in [-0.39, 0.29) is 23.8 Å². The molecule has 0 aliphatic heterocycles. The fourth-order valence-corrected chi connectivity index (χ4v) is 3.49. The van der Waals surface area contributed by atoms with E-state index in [1.165, 1.54) is 11.9 Å². The molecule has 38 heavy (non-hydrogen) atoms. The van der Waals surface area contributed by atoms with E-state index < -0.39 is 29.3 Å². The Labute approximate surface area is 217 Å². The molecule has 2 aromatic carbocycles. The van der Waals surface area contributed by atoms with E-state index in [0.717, 1.165) is 41.7 Å². The maximum atomic E-state index is 14.5. The zero-order chi connectivity index (χ0) is 27.8. The van der Waals surface area contributed by atoms with Gasteiger partial charge in [-0.3, -0.25) is 4.79 Å². The third kappa shape index (κ3) is 7.28. The van der Waals surface area contributed by atoms with Crippen LogP contribution in [0.15, 0.2) is 72.5 Å². The van der Waals surface area contributed by atoms with Gasteiger partial charge in [0, 0.05) is 36.5 Å². The standard InChI is InChI=1S/C28H26F3N3O4/c1-17(2)24-10-11-25(33-32-24)18-6-8-21(9-7-18)38-26-14-22(28(36)37)23(29)13-20(26)16-34(3)15-19(27(30)31)5-4-12-35/h4-15,17,27H,16H2,1-3H3,(H,36,37). The van der Waals surface area contributed by atoms with E-state index in [9.17, 15) is 27.9 Å². The van der Waals surface area contributed by atoms with Crippen LogP contribution in [0, 0.1) is 5.82 Å². The molecule has 0 aliphatic carbocycles. The number of carboxylic acids is 1. The van der Waals surface area contributed by atoms with Crippen molar-refractivity contribution in [3.8, 4) is 22.8 Å². The molecule has 198 valence electrons. The summed E-state index contributed by atoms with van der Waals surface area (Å²) >= 11 is 0. The molecule has 0 bridgehead atoms. The fraction of sp³-hybridized carbons (Fsp3) is 0.214. The zero-order valence-electron chi connectivity index (χ0n) is 20.9. The highest BCUT2D eigenvalue weighted by Gasteiger charge is 2.18. The largest absolute Gasteiger partial charge is 0.478 e. The van der Waals surface area contributed by atoms with Gasteiger partial charge < -0.3 is 14.7 Å². The van der Waals surface area contributed by atoms with Crippen LogP contribution in [0.25, 0.3) is 11.3 Å². The Balaban J connectivity index is 1.89. The number of nitrogens with zero attached hydrogens (tertiary/aromatic N) is 3. The number of carbonyl (C=O) groups is 2. The molecule has 10 heteroatoms. The van der Waals surface area contributed by atoms with Crippen molar-refractivity contribution in [3.05, 3.63) is 95.1 Å². The molecule has 0 unspecified atom stereocenters. The minimum atomic E-state index is -2.85. The first-order chi connectivity index (χ1) is 18.1. The van der Waals surface area contributed by atoms with Gasteiger partial charge in [-0.05, 0) is 66.6 Å². The number of carbonyl (C=O) groups excluding carboxylic acids is 1. The van der Waals surface area contributed by atoms with Crippen molar-refractivity contribution in [1.29, 1.82) is 0 Å². The minimum absolute atomic E-state index is 0.0416. The molecule has 7 nitrogen and oxygen atoms in total. The maximum Gasteiger partial charge on any atom is 0.338 e. The van der Waals surface area contributed by atoms with E-state index in [2.05, 4.69) is 10.2 Å². The number of aldehydes is 1. The van der Waals surface area contributed by atoms with Crippen LogP contribution in [0.4, 0.5) is 13.2 Å². The van der Waals surface area contributed by atoms with Gasteiger partial charge >= 0.3 is 5.97 Å². The lowest BCUT2D eigenvalue weighted by Gasteiger charge is -2.19. The number of benzene rings is 2. The lowest BCUT2D eigenvalue weighted by atomic mass is 10.1. The number of alkyl halides is 2. The smallest absolute Gasteiger partial charge is 0.338 e. The quantitative estimate of drug-likeness (QED) is 0.180. The van der Waals surface area contributed by atoms with Crippen LogP contribution in [0.5, 0.6) is 11.5 Å². The number of aromatic carboxylic acids is 1. The zero-order valence-corrected chi connectivity index (χ0v) is 20.9. The van der Waals surface area contributed by atoms with Gasteiger partial charge in [0.1, 0.15) is 23.6 Å². The number of carboxylic acid groups (broad SMARTS) is 1. The summed E-state index contributed by atoms with van der Waals surface area (Å²) in [5.74, 6) is -1.85. The van der Waals surface area contributed by atoms with Gasteiger partial charge in [0.2, 0.25) is 0 Å². The molecule has 3 rings (SSSR count). The van der Waals surface area contributed by atoms with E-state index >= 15 is 0 Å². The normalized spacial score (nSPS) is 11.8. The topological polar surface area (TPSA) is 92.6 Å². The van der Waals surface area contributed by atoms with Crippen molar-refractivity contribution < 1.29 is 32.6 Å². The van der Waals surface area contributed by atoms with Crippen molar-refractivity contribution >= 4 is 12.3 Å². The van der Waals surface area contributed by atoms with Crippen LogP contribution in [-0.2, 0) is 11.3 Å². The van der Waals surface area contributed by atoms with Crippen LogP contribution in [0.2, 0.25) is 0 Å². The van der Waals surface area contributed by atoms with E-state index in [1.54, 1.807) is 24.3 Å². The number of hydrogen-bond acceptors (Lipinski definition) is 6. The summed E-state index contributed by atoms with van der Waals surface area (Å²) in [5.41, 5.74) is 1.50. The van der Waals surface area contributed by atoms with Crippen LogP contribution in [0.3, 0.4) is 0 Å². The molecule has 0 saturated heterocycles. The summed E-state index contributed by atoms with van der Waals surface area (Å²) in [6.45, 7) is 3.95. The van der Waals surface area contributed by atoms with Gasteiger partial charge in [-0.25, -0.2) is 18.0 Å². The maximum absolute atomic E-state index is 14.5. The summed E-state index contributed by atoms with van der Waals surface area (Å²) in [7, 11) is 1.48. The van der Waals surface area contributed by atoms with Crippen molar-refractivity contribution in [2.24, 2.45) is 0 Å². The molecule has 3 aromatic rings. The van der Waals surface area contributed by atoms with Gasteiger partial charge in [0.25, 0.3) is 6.43 Å². The molecule has 0 fully saturated rings. The van der Waals surface area contributed by atoms with Gasteiger partial charge in [-0.2, -0.15) is 10.2 Å². The molecule has 0 atom stereocenters. The van der Waals surface area contributed by atoms with Gasteiger partial charge in [-0.1, -0.05) is 13.8 Å². The van der Waals surface area contributed by atoms with Crippen molar-refractivity contribution in [2.75, 3.05) is 7.05 Å². The number of rotatable bonds is 11. The lowest BCUT2D eigenvalue weighted by Crippen LogP contribution is -2.14. The second kappa shape index (κ2) is 12.7. The van der Waals surface area contributed by atoms with Crippen LogP contribution in [0.1, 0.15) is 41.4 Å². The first kappa shape index (κ1) is 28.1. The summed E-state index contributed by atoms with van der Waals surface area (Å²) in [5, 5.41) is 17.8. The third-order valence-corrected chi connectivity index (χ3v) is 5.44. The van der Waals surface area contributed by atoms with Gasteiger partial charge in [0.15, 0.2) is 0 Å². The van der Waals surface area contributed by atoms with Gasteiger partial charge in [-0.15, -0.1) is 0 Å². The van der Waals surface area contributed by atoms with E-state index in [1.807, 2.05) is 26.0 Å². The molecule has 1 heterocycles. The molecular weight excluding hydrogens is 499 g/mol. The Hall–Kier alpha value is -4.47. The van der Waals surface area contributed by atoms with Crippen LogP contribution >= 0.6 is 0 Å². The summed E-state index contributed by atoms with van der Waals surface area (Å²) < 4.78 is 47.0. The SMILES string of the molecule is CC(C)c1ccc(-c2ccc(Oc3cc(C(=O)O)c(F)cc3CN(C)C=C(C=CC=O)C(F)F)cc2)nn1. The molecule has 0 aliphatic rings. The molecule has 1 N–H and O–H groups in total. The second-order valence-electron chi connectivity index (χ2n) is 8.71. The predicted molar refractivity (Wildman–Crippen MR) is 136 cm³/mol. The molecule has 1 aromatic heterocycles. The van der Waals surface area contributed by atoms with Crippen LogP contribution < -0.4 is 4.74 Å². The number of halogens is 3. The van der Waals surface area contributed by atoms with Gasteiger partial charge in [0.05, 0.1) is 17.0 Å². The first-order valence-electron chi connectivity index (χ1n) is 11.6. The summed E-state index contributed by atoms with van der Waals surface area (Å²) in [6.07, 6.45) is 0.552. The number of aromatic nitrogens is 2. The Morgan fingerprint density at radius 2 is 1.82 bits per heavy atom. The summed E-state index contributed by atoms with van der Waals surface area (Å²) in [4.78, 5) is 23.4. The lowest BCUT2D eigenvalue weighted by molar-refractivity contribution is -0.104. The number of hydrogen-bond donors (Lipinski definition) is 1. The minimum Gasteiger partial charge on any atom is -0.478 e. The molecule has 0 spiro atoms. The second-order valence-corrected chi connectivity index (χ2v) is 8.71. The highest BCUT2D eigenvalue weighted by atomic mass is 19.3. The fourth-order valence-electron chi connectivity index (χ4n) is 3.49. The molecule has 0 amide bonds. The molecular formula is C28H26F3N3O4. The van der Waals surface area contributed by atoms with E-state index in [4.69, 9.17) is 4.74 Å². The number of ether oxygens (including phenoxy) is 1. The van der Waals surface area contributed by atoms with Crippen molar-refractivity contribution in [1.82, 2.24) is 15.1 Å². The van der Waals surface area contributed by atoms with Crippen molar-refractivity contribution in [3.63, 3.8) is 0 Å². The highest BCUT2D eigenvalue weighted by molar-refractivity contribution is 5.88. The Bertz CT molecular complexity index is 1340. The summed E-state index contributed by atoms with van der Waals surface area (Å²) in [6, 6.07) is 12.6.